The molecule has 0 radical (unpaired) electrons. The number of hydrogen-bond donors (Lipinski definition) is 1. The minimum absolute atomic E-state index is 0.226. The molecule has 0 aliphatic carbocycles. The molecule has 28 heavy (non-hydrogen) atoms. The van der Waals surface area contributed by atoms with E-state index in [2.05, 4.69) is 5.43 Å². The second-order valence-electron chi connectivity index (χ2n) is 7.81. The number of benzene rings is 2. The van der Waals surface area contributed by atoms with Gasteiger partial charge in [-0.1, -0.05) is 36.4 Å². The number of ether oxygens (including phenoxy) is 1. The van der Waals surface area contributed by atoms with E-state index in [1.165, 1.54) is 4.90 Å². The summed E-state index contributed by atoms with van der Waals surface area (Å²) >= 11 is 0. The minimum atomic E-state index is -0.596. The molecule has 1 fully saturated rings. The first-order chi connectivity index (χ1) is 13.3. The Hall–Kier alpha value is -3.02. The van der Waals surface area contributed by atoms with Crippen LogP contribution in [0.3, 0.4) is 0 Å². The average molecular weight is 381 g/mol. The zero-order valence-electron chi connectivity index (χ0n) is 16.6. The van der Waals surface area contributed by atoms with Crippen LogP contribution in [0.25, 0.3) is 0 Å². The number of nitrogens with one attached hydrogen (secondary N) is 1. The van der Waals surface area contributed by atoms with Crippen molar-refractivity contribution in [3.8, 4) is 0 Å². The van der Waals surface area contributed by atoms with Gasteiger partial charge in [0, 0.05) is 6.54 Å². The molecule has 1 atom stereocenters. The van der Waals surface area contributed by atoms with Gasteiger partial charge in [0.15, 0.2) is 0 Å². The van der Waals surface area contributed by atoms with Crippen LogP contribution in [0.4, 0.5) is 16.2 Å². The van der Waals surface area contributed by atoms with Gasteiger partial charge < -0.3 is 4.74 Å². The van der Waals surface area contributed by atoms with Crippen molar-refractivity contribution in [3.05, 3.63) is 60.7 Å². The first-order valence-electron chi connectivity index (χ1n) is 9.55. The van der Waals surface area contributed by atoms with Gasteiger partial charge in [0.25, 0.3) is 5.91 Å². The van der Waals surface area contributed by atoms with Crippen LogP contribution in [-0.2, 0) is 9.53 Å². The Morgan fingerprint density at radius 3 is 2.04 bits per heavy atom. The van der Waals surface area contributed by atoms with Crippen molar-refractivity contribution in [1.29, 1.82) is 0 Å². The maximum absolute atomic E-state index is 13.1. The SMILES string of the molecule is CC(C)(C)OC(=O)N1CCC[C@H]1C(=O)NN(c1ccccc1)c1ccccc1. The fourth-order valence-electron chi connectivity index (χ4n) is 3.20. The Bertz CT molecular complexity index is 763. The van der Waals surface area contributed by atoms with E-state index in [-0.39, 0.29) is 5.91 Å². The minimum Gasteiger partial charge on any atom is -0.444 e. The van der Waals surface area contributed by atoms with Crippen molar-refractivity contribution in [2.75, 3.05) is 11.6 Å². The third-order valence-electron chi connectivity index (χ3n) is 4.43. The van der Waals surface area contributed by atoms with Gasteiger partial charge >= 0.3 is 6.09 Å². The van der Waals surface area contributed by atoms with Crippen LogP contribution in [0.15, 0.2) is 60.7 Å². The summed E-state index contributed by atoms with van der Waals surface area (Å²) in [5.74, 6) is -0.226. The number of amides is 2. The van der Waals surface area contributed by atoms with Crippen molar-refractivity contribution < 1.29 is 14.3 Å². The molecule has 0 unspecified atom stereocenters. The lowest BCUT2D eigenvalue weighted by atomic mass is 10.2. The Morgan fingerprint density at radius 1 is 1.00 bits per heavy atom. The van der Waals surface area contributed by atoms with E-state index < -0.39 is 17.7 Å². The number of carbonyl (C=O) groups excluding carboxylic acids is 2. The largest absolute Gasteiger partial charge is 0.444 e. The lowest BCUT2D eigenvalue weighted by Gasteiger charge is -2.31. The molecule has 3 rings (SSSR count). The van der Waals surface area contributed by atoms with E-state index in [1.54, 1.807) is 5.01 Å². The van der Waals surface area contributed by atoms with Crippen molar-refractivity contribution in [3.63, 3.8) is 0 Å². The van der Waals surface area contributed by atoms with E-state index in [1.807, 2.05) is 81.4 Å². The summed E-state index contributed by atoms with van der Waals surface area (Å²) in [4.78, 5) is 27.1. The van der Waals surface area contributed by atoms with E-state index in [0.717, 1.165) is 17.8 Å². The highest BCUT2D eigenvalue weighted by Gasteiger charge is 2.37. The fourth-order valence-corrected chi connectivity index (χ4v) is 3.20. The van der Waals surface area contributed by atoms with Crippen molar-refractivity contribution in [2.24, 2.45) is 0 Å². The number of anilines is 2. The predicted molar refractivity (Wildman–Crippen MR) is 109 cm³/mol. The summed E-state index contributed by atoms with van der Waals surface area (Å²) in [6.07, 6.45) is 0.937. The molecule has 0 saturated carbocycles. The molecule has 0 bridgehead atoms. The molecular formula is C22H27N3O3. The highest BCUT2D eigenvalue weighted by Crippen LogP contribution is 2.25. The van der Waals surface area contributed by atoms with Gasteiger partial charge in [-0.3, -0.25) is 20.1 Å². The van der Waals surface area contributed by atoms with Gasteiger partial charge in [0.2, 0.25) is 0 Å². The summed E-state index contributed by atoms with van der Waals surface area (Å²) in [6.45, 7) is 5.98. The highest BCUT2D eigenvalue weighted by molar-refractivity contribution is 5.88. The third kappa shape index (κ3) is 4.82. The monoisotopic (exact) mass is 381 g/mol. The van der Waals surface area contributed by atoms with Crippen molar-refractivity contribution >= 4 is 23.4 Å². The van der Waals surface area contributed by atoms with E-state index in [9.17, 15) is 9.59 Å². The first-order valence-corrected chi connectivity index (χ1v) is 9.55. The van der Waals surface area contributed by atoms with Crippen molar-refractivity contribution in [1.82, 2.24) is 10.3 Å². The molecule has 1 aliphatic rings. The zero-order chi connectivity index (χ0) is 20.1. The number of carbonyl (C=O) groups is 2. The van der Waals surface area contributed by atoms with Gasteiger partial charge in [-0.25, -0.2) is 4.79 Å². The molecular weight excluding hydrogens is 354 g/mol. The van der Waals surface area contributed by atoms with Crippen LogP contribution in [0.1, 0.15) is 33.6 Å². The lowest BCUT2D eigenvalue weighted by Crippen LogP contribution is -2.51. The van der Waals surface area contributed by atoms with E-state index >= 15 is 0 Å². The third-order valence-corrected chi connectivity index (χ3v) is 4.43. The van der Waals surface area contributed by atoms with Crippen molar-refractivity contribution in [2.45, 2.75) is 45.3 Å². The Labute approximate surface area is 166 Å². The maximum Gasteiger partial charge on any atom is 0.410 e. The Balaban J connectivity index is 1.79. The number of hydrazine groups is 1. The number of hydrogen-bond acceptors (Lipinski definition) is 4. The fraction of sp³-hybridized carbons (Fsp3) is 0.364. The summed E-state index contributed by atoms with van der Waals surface area (Å²) in [7, 11) is 0. The molecule has 2 aromatic rings. The average Bonchev–Trinajstić information content (AvgIpc) is 3.16. The zero-order valence-corrected chi connectivity index (χ0v) is 16.6. The number of rotatable bonds is 4. The van der Waals surface area contributed by atoms with Gasteiger partial charge in [0.1, 0.15) is 11.6 Å². The predicted octanol–water partition coefficient (Wildman–Crippen LogP) is 4.26. The summed E-state index contributed by atoms with van der Waals surface area (Å²) in [6, 6.07) is 18.7. The molecule has 1 N–H and O–H groups in total. The quantitative estimate of drug-likeness (QED) is 0.804. The molecule has 148 valence electrons. The molecule has 0 aromatic heterocycles. The molecule has 1 aliphatic heterocycles. The normalized spacial score (nSPS) is 16.5. The second-order valence-corrected chi connectivity index (χ2v) is 7.81. The molecule has 2 aromatic carbocycles. The standard InChI is InChI=1S/C22H27N3O3/c1-22(2,3)28-21(27)24-16-10-15-19(24)20(26)23-25(17-11-6-4-7-12-17)18-13-8-5-9-14-18/h4-9,11-14,19H,10,15-16H2,1-3H3,(H,23,26)/t19-/m0/s1. The topological polar surface area (TPSA) is 61.9 Å². The summed E-state index contributed by atoms with van der Waals surface area (Å²) < 4.78 is 5.47. The van der Waals surface area contributed by atoms with Crippen LogP contribution >= 0.6 is 0 Å². The van der Waals surface area contributed by atoms with Crippen LogP contribution in [0, 0.1) is 0 Å². The number of para-hydroxylation sites is 2. The Kier molecular flexibility index (Phi) is 5.87. The van der Waals surface area contributed by atoms with E-state index in [0.29, 0.717) is 13.0 Å². The molecule has 6 nitrogen and oxygen atoms in total. The van der Waals surface area contributed by atoms with E-state index in [4.69, 9.17) is 4.74 Å². The van der Waals surface area contributed by atoms with Crippen LogP contribution in [0.2, 0.25) is 0 Å². The second kappa shape index (κ2) is 8.33. The first kappa shape index (κ1) is 19.7. The van der Waals surface area contributed by atoms with Crippen LogP contribution in [0.5, 0.6) is 0 Å². The summed E-state index contributed by atoms with van der Waals surface area (Å²) in [5, 5.41) is 1.74. The Morgan fingerprint density at radius 2 is 1.54 bits per heavy atom. The van der Waals surface area contributed by atoms with Crippen LogP contribution in [-0.4, -0.2) is 35.1 Å². The highest BCUT2D eigenvalue weighted by atomic mass is 16.6. The maximum atomic E-state index is 13.1. The number of nitrogens with zero attached hydrogens (tertiary/aromatic N) is 2. The smallest absolute Gasteiger partial charge is 0.410 e. The number of likely N-dealkylation sites (tertiary alicyclic amines) is 1. The lowest BCUT2D eigenvalue weighted by molar-refractivity contribution is -0.125. The molecule has 0 spiro atoms. The van der Waals surface area contributed by atoms with Gasteiger partial charge in [0.05, 0.1) is 11.4 Å². The molecule has 6 heteroatoms. The molecule has 2 amide bonds. The van der Waals surface area contributed by atoms with Gasteiger partial charge in [-0.05, 0) is 57.9 Å². The molecule has 1 heterocycles. The molecule has 1 saturated heterocycles. The van der Waals surface area contributed by atoms with Gasteiger partial charge in [-0.2, -0.15) is 0 Å². The van der Waals surface area contributed by atoms with Crippen LogP contribution < -0.4 is 10.4 Å². The summed E-state index contributed by atoms with van der Waals surface area (Å²) in [5.41, 5.74) is 4.06. The van der Waals surface area contributed by atoms with Gasteiger partial charge in [-0.15, -0.1) is 0 Å².